The lowest BCUT2D eigenvalue weighted by Crippen LogP contribution is -2.19. The van der Waals surface area contributed by atoms with Gasteiger partial charge in [-0.3, -0.25) is 0 Å². The largest absolute Gasteiger partial charge is 0.505 e. The van der Waals surface area contributed by atoms with Gasteiger partial charge in [0.2, 0.25) is 0 Å². The number of aromatic hydroxyl groups is 1. The molecule has 0 heterocycles. The van der Waals surface area contributed by atoms with Gasteiger partial charge in [0.15, 0.2) is 11.6 Å². The molecule has 0 unspecified atom stereocenters. The average Bonchev–Trinajstić information content (AvgIpc) is 2.74. The van der Waals surface area contributed by atoms with E-state index in [9.17, 15) is 4.39 Å². The van der Waals surface area contributed by atoms with Crippen molar-refractivity contribution in [3.63, 3.8) is 0 Å². The van der Waals surface area contributed by atoms with Gasteiger partial charge < -0.3 is 10.8 Å². The molecule has 4 heteroatoms. The van der Waals surface area contributed by atoms with Crippen molar-refractivity contribution in [1.29, 1.82) is 0 Å². The van der Waals surface area contributed by atoms with Gasteiger partial charge in [-0.2, -0.15) is 0 Å². The first kappa shape index (κ1) is 13.3. The minimum atomic E-state index is -0.582. The summed E-state index contributed by atoms with van der Waals surface area (Å²) in [6.07, 6.45) is 4.70. The molecule has 1 aromatic carbocycles. The SMILES string of the molecule is Cl.N[C@@H](c1ccc(O)c(F)c1)C1CCCC1. The summed E-state index contributed by atoms with van der Waals surface area (Å²) < 4.78 is 13.1. The number of rotatable bonds is 2. The van der Waals surface area contributed by atoms with E-state index in [1.54, 1.807) is 6.07 Å². The van der Waals surface area contributed by atoms with Crippen LogP contribution in [-0.4, -0.2) is 5.11 Å². The van der Waals surface area contributed by atoms with Gasteiger partial charge in [0, 0.05) is 6.04 Å². The van der Waals surface area contributed by atoms with Gasteiger partial charge >= 0.3 is 0 Å². The molecule has 1 fully saturated rings. The Morgan fingerprint density at radius 2 is 1.94 bits per heavy atom. The van der Waals surface area contributed by atoms with Crippen molar-refractivity contribution >= 4 is 12.4 Å². The molecule has 1 aliphatic rings. The van der Waals surface area contributed by atoms with E-state index < -0.39 is 5.82 Å². The van der Waals surface area contributed by atoms with Crippen LogP contribution in [0.25, 0.3) is 0 Å². The quantitative estimate of drug-likeness (QED) is 0.841. The Kier molecular flexibility index (Phi) is 4.56. The highest BCUT2D eigenvalue weighted by molar-refractivity contribution is 5.85. The van der Waals surface area contributed by atoms with Gasteiger partial charge in [0.1, 0.15) is 0 Å². The predicted molar refractivity (Wildman–Crippen MR) is 64.2 cm³/mol. The first-order valence-corrected chi connectivity index (χ1v) is 5.42. The number of phenolic OH excluding ortho intramolecular Hbond substituents is 1. The summed E-state index contributed by atoms with van der Waals surface area (Å²) >= 11 is 0. The fourth-order valence-electron chi connectivity index (χ4n) is 2.32. The molecule has 0 bridgehead atoms. The fourth-order valence-corrected chi connectivity index (χ4v) is 2.32. The normalized spacial score (nSPS) is 18.1. The highest BCUT2D eigenvalue weighted by Gasteiger charge is 2.23. The molecule has 90 valence electrons. The molecule has 2 rings (SSSR count). The molecule has 1 saturated carbocycles. The van der Waals surface area contributed by atoms with Crippen LogP contribution in [0.3, 0.4) is 0 Å². The molecule has 0 radical (unpaired) electrons. The number of phenols is 1. The third-order valence-electron chi connectivity index (χ3n) is 3.26. The van der Waals surface area contributed by atoms with Crippen LogP contribution in [0, 0.1) is 11.7 Å². The van der Waals surface area contributed by atoms with Crippen molar-refractivity contribution in [2.75, 3.05) is 0 Å². The first-order valence-electron chi connectivity index (χ1n) is 5.42. The van der Waals surface area contributed by atoms with Crippen LogP contribution in [0.4, 0.5) is 4.39 Å². The van der Waals surface area contributed by atoms with Crippen molar-refractivity contribution < 1.29 is 9.50 Å². The molecular formula is C12H17ClFNO. The molecule has 1 aliphatic carbocycles. The molecule has 1 aromatic rings. The zero-order valence-corrected chi connectivity index (χ0v) is 9.84. The Hall–Kier alpha value is -0.800. The number of hydrogen-bond donors (Lipinski definition) is 2. The van der Waals surface area contributed by atoms with E-state index in [-0.39, 0.29) is 24.2 Å². The lowest BCUT2D eigenvalue weighted by Gasteiger charge is -2.19. The molecule has 16 heavy (non-hydrogen) atoms. The second-order valence-electron chi connectivity index (χ2n) is 4.28. The monoisotopic (exact) mass is 245 g/mol. The van der Waals surface area contributed by atoms with Crippen LogP contribution < -0.4 is 5.73 Å². The number of hydrogen-bond acceptors (Lipinski definition) is 2. The van der Waals surface area contributed by atoms with Crippen molar-refractivity contribution in [1.82, 2.24) is 0 Å². The Morgan fingerprint density at radius 1 is 1.31 bits per heavy atom. The van der Waals surface area contributed by atoms with Gasteiger partial charge in [0.25, 0.3) is 0 Å². The van der Waals surface area contributed by atoms with Gasteiger partial charge in [-0.25, -0.2) is 4.39 Å². The van der Waals surface area contributed by atoms with E-state index in [0.717, 1.165) is 18.4 Å². The third kappa shape index (κ3) is 2.66. The summed E-state index contributed by atoms with van der Waals surface area (Å²) in [4.78, 5) is 0. The number of nitrogens with two attached hydrogens (primary N) is 1. The Labute approximate surface area is 101 Å². The van der Waals surface area contributed by atoms with Crippen LogP contribution in [0.5, 0.6) is 5.75 Å². The topological polar surface area (TPSA) is 46.2 Å². The Bertz CT molecular complexity index is 353. The summed E-state index contributed by atoms with van der Waals surface area (Å²) in [6.45, 7) is 0. The molecule has 0 aromatic heterocycles. The maximum Gasteiger partial charge on any atom is 0.165 e. The van der Waals surface area contributed by atoms with Crippen molar-refractivity contribution in [2.45, 2.75) is 31.7 Å². The fraction of sp³-hybridized carbons (Fsp3) is 0.500. The molecule has 0 aliphatic heterocycles. The summed E-state index contributed by atoms with van der Waals surface area (Å²) in [7, 11) is 0. The van der Waals surface area contributed by atoms with Crippen molar-refractivity contribution in [3.8, 4) is 5.75 Å². The third-order valence-corrected chi connectivity index (χ3v) is 3.26. The highest BCUT2D eigenvalue weighted by atomic mass is 35.5. The minimum absolute atomic E-state index is 0. The van der Waals surface area contributed by atoms with E-state index >= 15 is 0 Å². The van der Waals surface area contributed by atoms with Crippen LogP contribution in [0.1, 0.15) is 37.3 Å². The van der Waals surface area contributed by atoms with E-state index in [4.69, 9.17) is 10.8 Å². The van der Waals surface area contributed by atoms with Crippen LogP contribution in [-0.2, 0) is 0 Å². The molecule has 0 spiro atoms. The smallest absolute Gasteiger partial charge is 0.165 e. The molecular weight excluding hydrogens is 229 g/mol. The van der Waals surface area contributed by atoms with Crippen LogP contribution >= 0.6 is 12.4 Å². The molecule has 0 amide bonds. The molecule has 0 saturated heterocycles. The zero-order valence-electron chi connectivity index (χ0n) is 9.03. The minimum Gasteiger partial charge on any atom is -0.505 e. The van der Waals surface area contributed by atoms with Crippen LogP contribution in [0.2, 0.25) is 0 Å². The summed E-state index contributed by atoms with van der Waals surface area (Å²) in [5.74, 6) is -0.424. The Morgan fingerprint density at radius 3 is 2.50 bits per heavy atom. The van der Waals surface area contributed by atoms with Crippen molar-refractivity contribution in [3.05, 3.63) is 29.6 Å². The van der Waals surface area contributed by atoms with E-state index in [1.165, 1.54) is 25.0 Å². The van der Waals surface area contributed by atoms with Gasteiger partial charge in [-0.1, -0.05) is 18.9 Å². The van der Waals surface area contributed by atoms with E-state index in [2.05, 4.69) is 0 Å². The lowest BCUT2D eigenvalue weighted by molar-refractivity contribution is 0.422. The number of benzene rings is 1. The summed E-state index contributed by atoms with van der Waals surface area (Å²) in [6, 6.07) is 4.33. The summed E-state index contributed by atoms with van der Waals surface area (Å²) in [5.41, 5.74) is 6.86. The maximum absolute atomic E-state index is 13.1. The molecule has 3 N–H and O–H groups in total. The summed E-state index contributed by atoms with van der Waals surface area (Å²) in [5, 5.41) is 9.08. The lowest BCUT2D eigenvalue weighted by atomic mass is 9.92. The van der Waals surface area contributed by atoms with Gasteiger partial charge in [-0.05, 0) is 36.5 Å². The maximum atomic E-state index is 13.1. The average molecular weight is 246 g/mol. The first-order chi connectivity index (χ1) is 7.18. The second kappa shape index (κ2) is 5.51. The second-order valence-corrected chi connectivity index (χ2v) is 4.28. The van der Waals surface area contributed by atoms with Gasteiger partial charge in [0.05, 0.1) is 0 Å². The Balaban J connectivity index is 0.00000128. The number of halogens is 2. The molecule has 2 nitrogen and oxygen atoms in total. The standard InChI is InChI=1S/C12H16FNO.ClH/c13-10-7-9(5-6-11(10)15)12(14)8-3-1-2-4-8;/h5-8,12,15H,1-4,14H2;1H/t12-;/m1./s1. The highest BCUT2D eigenvalue weighted by Crippen LogP contribution is 2.34. The van der Waals surface area contributed by atoms with E-state index in [0.29, 0.717) is 5.92 Å². The van der Waals surface area contributed by atoms with E-state index in [1.807, 2.05) is 0 Å². The van der Waals surface area contributed by atoms with Gasteiger partial charge in [-0.15, -0.1) is 12.4 Å². The zero-order chi connectivity index (χ0) is 10.8. The van der Waals surface area contributed by atoms with Crippen molar-refractivity contribution in [2.24, 2.45) is 11.7 Å². The van der Waals surface area contributed by atoms with Crippen LogP contribution in [0.15, 0.2) is 18.2 Å². The predicted octanol–water partition coefficient (Wildman–Crippen LogP) is 3.14. The molecule has 1 atom stereocenters.